The molecule has 0 radical (unpaired) electrons. The molecule has 1 aromatic carbocycles. The van der Waals surface area contributed by atoms with Crippen LogP contribution in [0.25, 0.3) is 0 Å². The van der Waals surface area contributed by atoms with Crippen molar-refractivity contribution in [2.75, 3.05) is 18.0 Å². The first-order valence-electron chi connectivity index (χ1n) is 5.01. The van der Waals surface area contributed by atoms with Crippen LogP contribution in [0, 0.1) is 0 Å². The highest BCUT2D eigenvalue weighted by molar-refractivity contribution is 9.10. The molecular formula is C11H13BrN2O. The Morgan fingerprint density at radius 2 is 2.33 bits per heavy atom. The molecule has 1 amide bonds. The monoisotopic (exact) mass is 268 g/mol. The van der Waals surface area contributed by atoms with Crippen LogP contribution in [0.15, 0.2) is 22.7 Å². The molecule has 0 aromatic heterocycles. The second-order valence-corrected chi connectivity index (χ2v) is 4.52. The van der Waals surface area contributed by atoms with Gasteiger partial charge in [0.15, 0.2) is 0 Å². The lowest BCUT2D eigenvalue weighted by atomic mass is 10.2. The van der Waals surface area contributed by atoms with Crippen molar-refractivity contribution in [3.63, 3.8) is 0 Å². The maximum Gasteiger partial charge on any atom is 0.228 e. The van der Waals surface area contributed by atoms with Crippen molar-refractivity contribution in [1.82, 2.24) is 0 Å². The van der Waals surface area contributed by atoms with Crippen LogP contribution in [0.5, 0.6) is 0 Å². The number of carbonyl (C=O) groups excluding carboxylic acids is 1. The molecule has 1 aromatic rings. The predicted molar refractivity (Wildman–Crippen MR) is 63.9 cm³/mol. The highest BCUT2D eigenvalue weighted by Gasteiger charge is 2.23. The number of benzene rings is 1. The summed E-state index contributed by atoms with van der Waals surface area (Å²) >= 11 is 3.43. The molecule has 2 N–H and O–H groups in total. The number of rotatable bonds is 2. The molecule has 4 heteroatoms. The molecule has 1 aliphatic rings. The number of halogens is 1. The lowest BCUT2D eigenvalue weighted by molar-refractivity contribution is -0.118. The first kappa shape index (κ1) is 10.6. The zero-order chi connectivity index (χ0) is 10.8. The van der Waals surface area contributed by atoms with Crippen molar-refractivity contribution in [2.24, 2.45) is 5.73 Å². The van der Waals surface area contributed by atoms with Gasteiger partial charge in [0, 0.05) is 29.7 Å². The zero-order valence-corrected chi connectivity index (χ0v) is 9.96. The summed E-state index contributed by atoms with van der Waals surface area (Å²) in [4.78, 5) is 13.6. The van der Waals surface area contributed by atoms with E-state index in [1.54, 1.807) is 0 Å². The standard InChI is InChI=1S/C11H13BrN2O/c12-9-1-2-10-8(7-9)4-6-14(10)11(15)3-5-13/h1-2,7H,3-6,13H2. The van der Waals surface area contributed by atoms with E-state index in [-0.39, 0.29) is 5.91 Å². The quantitative estimate of drug-likeness (QED) is 0.888. The summed E-state index contributed by atoms with van der Waals surface area (Å²) in [6, 6.07) is 6.03. The first-order valence-corrected chi connectivity index (χ1v) is 5.80. The Hall–Kier alpha value is -0.870. The third kappa shape index (κ3) is 2.06. The van der Waals surface area contributed by atoms with Crippen molar-refractivity contribution >= 4 is 27.5 Å². The number of anilines is 1. The Balaban J connectivity index is 2.25. The third-order valence-corrected chi connectivity index (χ3v) is 3.09. The minimum atomic E-state index is 0.124. The molecule has 0 aliphatic carbocycles. The normalized spacial score (nSPS) is 14.1. The molecule has 80 valence electrons. The van der Waals surface area contributed by atoms with Crippen LogP contribution >= 0.6 is 15.9 Å². The fraction of sp³-hybridized carbons (Fsp3) is 0.364. The summed E-state index contributed by atoms with van der Waals surface area (Å²) in [7, 11) is 0. The lowest BCUT2D eigenvalue weighted by Gasteiger charge is -2.16. The second kappa shape index (κ2) is 4.33. The first-order chi connectivity index (χ1) is 7.22. The fourth-order valence-corrected chi connectivity index (χ4v) is 2.30. The molecule has 0 fully saturated rings. The van der Waals surface area contributed by atoms with Crippen LogP contribution in [0.2, 0.25) is 0 Å². The number of nitrogens with two attached hydrogens (primary N) is 1. The van der Waals surface area contributed by atoms with E-state index in [9.17, 15) is 4.79 Å². The van der Waals surface area contributed by atoms with Gasteiger partial charge in [-0.15, -0.1) is 0 Å². The van der Waals surface area contributed by atoms with Gasteiger partial charge in [0.25, 0.3) is 0 Å². The number of carbonyl (C=O) groups is 1. The van der Waals surface area contributed by atoms with Gasteiger partial charge >= 0.3 is 0 Å². The van der Waals surface area contributed by atoms with Gasteiger partial charge in [-0.05, 0) is 30.2 Å². The lowest BCUT2D eigenvalue weighted by Crippen LogP contribution is -2.30. The smallest absolute Gasteiger partial charge is 0.228 e. The molecule has 1 aliphatic heterocycles. The van der Waals surface area contributed by atoms with Crippen molar-refractivity contribution in [2.45, 2.75) is 12.8 Å². The van der Waals surface area contributed by atoms with Gasteiger partial charge in [-0.1, -0.05) is 15.9 Å². The third-order valence-electron chi connectivity index (χ3n) is 2.60. The summed E-state index contributed by atoms with van der Waals surface area (Å²) in [6.07, 6.45) is 1.36. The maximum absolute atomic E-state index is 11.7. The number of hydrogen-bond donors (Lipinski definition) is 1. The van der Waals surface area contributed by atoms with E-state index in [0.29, 0.717) is 13.0 Å². The van der Waals surface area contributed by atoms with Gasteiger partial charge in [-0.3, -0.25) is 4.79 Å². The van der Waals surface area contributed by atoms with Crippen molar-refractivity contribution in [3.8, 4) is 0 Å². The summed E-state index contributed by atoms with van der Waals surface area (Å²) < 4.78 is 1.06. The summed E-state index contributed by atoms with van der Waals surface area (Å²) in [5.74, 6) is 0.124. The summed E-state index contributed by atoms with van der Waals surface area (Å²) in [6.45, 7) is 1.20. The summed E-state index contributed by atoms with van der Waals surface area (Å²) in [5, 5.41) is 0. The van der Waals surface area contributed by atoms with Crippen LogP contribution in [-0.4, -0.2) is 19.0 Å². The molecular weight excluding hydrogens is 256 g/mol. The van der Waals surface area contributed by atoms with Crippen molar-refractivity contribution in [1.29, 1.82) is 0 Å². The fourth-order valence-electron chi connectivity index (χ4n) is 1.89. The van der Waals surface area contributed by atoms with Crippen LogP contribution in [0.1, 0.15) is 12.0 Å². The number of fused-ring (bicyclic) bond motifs is 1. The number of hydrogen-bond acceptors (Lipinski definition) is 2. The second-order valence-electron chi connectivity index (χ2n) is 3.61. The maximum atomic E-state index is 11.7. The highest BCUT2D eigenvalue weighted by atomic mass is 79.9. The van der Waals surface area contributed by atoms with Gasteiger partial charge in [0.1, 0.15) is 0 Å². The van der Waals surface area contributed by atoms with Gasteiger partial charge < -0.3 is 10.6 Å². The van der Waals surface area contributed by atoms with E-state index in [1.807, 2.05) is 17.0 Å². The molecule has 0 unspecified atom stereocenters. The molecule has 1 heterocycles. The van der Waals surface area contributed by atoms with E-state index < -0.39 is 0 Å². The Morgan fingerprint density at radius 1 is 1.53 bits per heavy atom. The van der Waals surface area contributed by atoms with E-state index in [0.717, 1.165) is 23.1 Å². The minimum absolute atomic E-state index is 0.124. The zero-order valence-electron chi connectivity index (χ0n) is 8.37. The largest absolute Gasteiger partial charge is 0.330 e. The van der Waals surface area contributed by atoms with E-state index in [2.05, 4.69) is 22.0 Å². The van der Waals surface area contributed by atoms with Crippen molar-refractivity contribution < 1.29 is 4.79 Å². The minimum Gasteiger partial charge on any atom is -0.330 e. The Labute approximate surface area is 97.4 Å². The van der Waals surface area contributed by atoms with Crippen molar-refractivity contribution in [3.05, 3.63) is 28.2 Å². The SMILES string of the molecule is NCCC(=O)N1CCc2cc(Br)ccc21. The molecule has 0 bridgehead atoms. The Bertz CT molecular complexity index is 392. The molecule has 0 saturated carbocycles. The summed E-state index contributed by atoms with van der Waals surface area (Å²) in [5.41, 5.74) is 7.66. The molecule has 0 saturated heterocycles. The Morgan fingerprint density at radius 3 is 3.07 bits per heavy atom. The van der Waals surface area contributed by atoms with E-state index in [1.165, 1.54) is 5.56 Å². The average Bonchev–Trinajstić information content (AvgIpc) is 2.60. The van der Waals surface area contributed by atoms with E-state index >= 15 is 0 Å². The van der Waals surface area contributed by atoms with E-state index in [4.69, 9.17) is 5.73 Å². The number of nitrogens with zero attached hydrogens (tertiary/aromatic N) is 1. The van der Waals surface area contributed by atoms with Gasteiger partial charge in [-0.2, -0.15) is 0 Å². The van der Waals surface area contributed by atoms with Crippen LogP contribution in [0.4, 0.5) is 5.69 Å². The predicted octanol–water partition coefficient (Wildman–Crippen LogP) is 1.69. The van der Waals surface area contributed by atoms with Crippen LogP contribution in [0.3, 0.4) is 0 Å². The van der Waals surface area contributed by atoms with Gasteiger partial charge in [0.05, 0.1) is 0 Å². The highest BCUT2D eigenvalue weighted by Crippen LogP contribution is 2.30. The average molecular weight is 269 g/mol. The molecule has 3 nitrogen and oxygen atoms in total. The molecule has 2 rings (SSSR count). The van der Waals surface area contributed by atoms with Crippen LogP contribution < -0.4 is 10.6 Å². The Kier molecular flexibility index (Phi) is 3.07. The van der Waals surface area contributed by atoms with Crippen LogP contribution in [-0.2, 0) is 11.2 Å². The topological polar surface area (TPSA) is 46.3 Å². The van der Waals surface area contributed by atoms with Gasteiger partial charge in [-0.25, -0.2) is 0 Å². The number of amides is 1. The molecule has 0 atom stereocenters. The molecule has 0 spiro atoms. The molecule has 15 heavy (non-hydrogen) atoms. The van der Waals surface area contributed by atoms with Gasteiger partial charge in [0.2, 0.25) is 5.91 Å².